The quantitative estimate of drug-likeness (QED) is 0.795. The third-order valence-electron chi connectivity index (χ3n) is 1.86. The summed E-state index contributed by atoms with van der Waals surface area (Å²) in [5.74, 6) is 0.491. The summed E-state index contributed by atoms with van der Waals surface area (Å²) in [6.45, 7) is 0. The van der Waals surface area contributed by atoms with E-state index in [1.807, 2.05) is 0 Å². The SMILES string of the molecule is COc1nccnc1-c1cncc(O)c1. The number of aromatic hydroxyl groups is 1. The Morgan fingerprint density at radius 1 is 1.20 bits per heavy atom. The molecule has 0 amide bonds. The Balaban J connectivity index is 2.53. The second-order valence-corrected chi connectivity index (χ2v) is 2.85. The molecule has 0 unspecified atom stereocenters. The van der Waals surface area contributed by atoms with E-state index < -0.39 is 0 Å². The zero-order valence-corrected chi connectivity index (χ0v) is 8.08. The van der Waals surface area contributed by atoms with Gasteiger partial charge in [-0.25, -0.2) is 9.97 Å². The van der Waals surface area contributed by atoms with E-state index in [4.69, 9.17) is 4.74 Å². The minimum absolute atomic E-state index is 0.0835. The van der Waals surface area contributed by atoms with Crippen LogP contribution in [0, 0.1) is 0 Å². The lowest BCUT2D eigenvalue weighted by atomic mass is 10.2. The predicted molar refractivity (Wildman–Crippen MR) is 53.5 cm³/mol. The first-order valence-electron chi connectivity index (χ1n) is 4.30. The lowest BCUT2D eigenvalue weighted by Gasteiger charge is -2.05. The molecule has 2 heterocycles. The smallest absolute Gasteiger partial charge is 0.240 e. The van der Waals surface area contributed by atoms with Crippen molar-refractivity contribution in [2.75, 3.05) is 7.11 Å². The standard InChI is InChI=1S/C10H9N3O2/c1-15-10-9(12-2-3-13-10)7-4-8(14)6-11-5-7/h2-6,14H,1H3. The van der Waals surface area contributed by atoms with Gasteiger partial charge in [0.25, 0.3) is 0 Å². The number of methoxy groups -OCH3 is 1. The van der Waals surface area contributed by atoms with Crippen molar-refractivity contribution in [2.24, 2.45) is 0 Å². The summed E-state index contributed by atoms with van der Waals surface area (Å²) < 4.78 is 5.06. The summed E-state index contributed by atoms with van der Waals surface area (Å²) >= 11 is 0. The summed E-state index contributed by atoms with van der Waals surface area (Å²) in [5.41, 5.74) is 1.23. The Morgan fingerprint density at radius 3 is 2.73 bits per heavy atom. The van der Waals surface area contributed by atoms with Crippen LogP contribution in [-0.2, 0) is 0 Å². The zero-order chi connectivity index (χ0) is 10.7. The van der Waals surface area contributed by atoms with Crippen molar-refractivity contribution in [3.05, 3.63) is 30.9 Å². The Morgan fingerprint density at radius 2 is 2.00 bits per heavy atom. The highest BCUT2D eigenvalue weighted by Gasteiger charge is 2.08. The number of hydrogen-bond donors (Lipinski definition) is 1. The van der Waals surface area contributed by atoms with Crippen LogP contribution in [0.4, 0.5) is 0 Å². The van der Waals surface area contributed by atoms with E-state index in [0.717, 1.165) is 0 Å². The highest BCUT2D eigenvalue weighted by atomic mass is 16.5. The summed E-state index contributed by atoms with van der Waals surface area (Å²) in [6.07, 6.45) is 6.04. The molecular formula is C10H9N3O2. The molecule has 0 fully saturated rings. The van der Waals surface area contributed by atoms with Gasteiger partial charge in [0.05, 0.1) is 13.3 Å². The molecule has 0 aliphatic heterocycles. The summed E-state index contributed by atoms with van der Waals surface area (Å²) in [5, 5.41) is 9.29. The van der Waals surface area contributed by atoms with Crippen molar-refractivity contribution in [1.82, 2.24) is 15.0 Å². The van der Waals surface area contributed by atoms with E-state index in [0.29, 0.717) is 17.1 Å². The lowest BCUT2D eigenvalue weighted by Crippen LogP contribution is -1.93. The molecule has 0 radical (unpaired) electrons. The number of aromatic nitrogens is 3. The van der Waals surface area contributed by atoms with Crippen LogP contribution in [0.3, 0.4) is 0 Å². The summed E-state index contributed by atoms with van der Waals surface area (Å²) in [6, 6.07) is 1.56. The van der Waals surface area contributed by atoms with Gasteiger partial charge in [-0.3, -0.25) is 4.98 Å². The van der Waals surface area contributed by atoms with E-state index in [2.05, 4.69) is 15.0 Å². The molecule has 15 heavy (non-hydrogen) atoms. The molecule has 2 aromatic heterocycles. The molecule has 0 bridgehead atoms. The number of rotatable bonds is 2. The zero-order valence-electron chi connectivity index (χ0n) is 8.08. The maximum atomic E-state index is 9.29. The average molecular weight is 203 g/mol. The van der Waals surface area contributed by atoms with Gasteiger partial charge in [0, 0.05) is 24.2 Å². The van der Waals surface area contributed by atoms with Gasteiger partial charge >= 0.3 is 0 Å². The highest BCUT2D eigenvalue weighted by Crippen LogP contribution is 2.26. The second-order valence-electron chi connectivity index (χ2n) is 2.85. The molecule has 76 valence electrons. The normalized spacial score (nSPS) is 9.93. The third kappa shape index (κ3) is 1.85. The van der Waals surface area contributed by atoms with Gasteiger partial charge in [-0.2, -0.15) is 0 Å². The predicted octanol–water partition coefficient (Wildman–Crippen LogP) is 1.25. The van der Waals surface area contributed by atoms with Crippen molar-refractivity contribution in [2.45, 2.75) is 0 Å². The van der Waals surface area contributed by atoms with Crippen molar-refractivity contribution in [3.8, 4) is 22.9 Å². The van der Waals surface area contributed by atoms with Crippen LogP contribution in [0.5, 0.6) is 11.6 Å². The average Bonchev–Trinajstić information content (AvgIpc) is 2.29. The first-order valence-corrected chi connectivity index (χ1v) is 4.30. The Labute approximate surface area is 86.4 Å². The molecule has 0 saturated heterocycles. The maximum absolute atomic E-state index is 9.29. The van der Waals surface area contributed by atoms with Gasteiger partial charge in [0.2, 0.25) is 5.88 Å². The number of ether oxygens (including phenoxy) is 1. The van der Waals surface area contributed by atoms with Crippen molar-refractivity contribution in [3.63, 3.8) is 0 Å². The van der Waals surface area contributed by atoms with Gasteiger partial charge in [-0.15, -0.1) is 0 Å². The Bertz CT molecular complexity index is 474. The van der Waals surface area contributed by atoms with Crippen LogP contribution in [0.15, 0.2) is 30.9 Å². The Kier molecular flexibility index (Phi) is 2.45. The van der Waals surface area contributed by atoms with E-state index in [1.165, 1.54) is 13.3 Å². The first kappa shape index (κ1) is 9.39. The van der Waals surface area contributed by atoms with Crippen molar-refractivity contribution in [1.29, 1.82) is 0 Å². The fraction of sp³-hybridized carbons (Fsp3) is 0.100. The van der Waals surface area contributed by atoms with Crippen LogP contribution in [0.25, 0.3) is 11.3 Å². The van der Waals surface area contributed by atoms with Crippen LogP contribution in [0.2, 0.25) is 0 Å². The maximum Gasteiger partial charge on any atom is 0.240 e. The number of pyridine rings is 1. The van der Waals surface area contributed by atoms with Gasteiger partial charge < -0.3 is 9.84 Å². The van der Waals surface area contributed by atoms with Gasteiger partial charge in [-0.05, 0) is 6.07 Å². The van der Waals surface area contributed by atoms with Crippen LogP contribution in [-0.4, -0.2) is 27.2 Å². The molecule has 0 atom stereocenters. The molecule has 0 aliphatic carbocycles. The number of nitrogens with zero attached hydrogens (tertiary/aromatic N) is 3. The lowest BCUT2D eigenvalue weighted by molar-refractivity contribution is 0.397. The van der Waals surface area contributed by atoms with Crippen molar-refractivity contribution < 1.29 is 9.84 Å². The second kappa shape index (κ2) is 3.91. The fourth-order valence-corrected chi connectivity index (χ4v) is 1.23. The monoisotopic (exact) mass is 203 g/mol. The third-order valence-corrected chi connectivity index (χ3v) is 1.86. The van der Waals surface area contributed by atoms with E-state index >= 15 is 0 Å². The molecule has 1 N–H and O–H groups in total. The summed E-state index contributed by atoms with van der Waals surface area (Å²) in [7, 11) is 1.52. The van der Waals surface area contributed by atoms with Crippen LogP contribution < -0.4 is 4.74 Å². The fourth-order valence-electron chi connectivity index (χ4n) is 1.23. The molecule has 0 aliphatic rings. The first-order chi connectivity index (χ1) is 7.31. The van der Waals surface area contributed by atoms with E-state index in [1.54, 1.807) is 24.7 Å². The van der Waals surface area contributed by atoms with Crippen LogP contribution in [0.1, 0.15) is 0 Å². The Hall–Kier alpha value is -2.17. The molecule has 5 nitrogen and oxygen atoms in total. The molecular weight excluding hydrogens is 194 g/mol. The van der Waals surface area contributed by atoms with Crippen molar-refractivity contribution >= 4 is 0 Å². The van der Waals surface area contributed by atoms with E-state index in [9.17, 15) is 5.11 Å². The van der Waals surface area contributed by atoms with E-state index in [-0.39, 0.29) is 5.75 Å². The molecule has 2 rings (SSSR count). The molecule has 5 heteroatoms. The molecule has 0 aromatic carbocycles. The molecule has 2 aromatic rings. The summed E-state index contributed by atoms with van der Waals surface area (Å²) in [4.78, 5) is 12.0. The largest absolute Gasteiger partial charge is 0.506 e. The van der Waals surface area contributed by atoms with Crippen LogP contribution >= 0.6 is 0 Å². The highest BCUT2D eigenvalue weighted by molar-refractivity contribution is 5.64. The number of hydrogen-bond acceptors (Lipinski definition) is 5. The molecule has 0 saturated carbocycles. The minimum atomic E-state index is 0.0835. The molecule has 0 spiro atoms. The van der Waals surface area contributed by atoms with Gasteiger partial charge in [-0.1, -0.05) is 0 Å². The van der Waals surface area contributed by atoms with Gasteiger partial charge in [0.15, 0.2) is 0 Å². The topological polar surface area (TPSA) is 68.1 Å². The minimum Gasteiger partial charge on any atom is -0.506 e. The van der Waals surface area contributed by atoms with Gasteiger partial charge in [0.1, 0.15) is 11.4 Å².